The van der Waals surface area contributed by atoms with Gasteiger partial charge in [0.25, 0.3) is 0 Å². The van der Waals surface area contributed by atoms with Gasteiger partial charge in [0.1, 0.15) is 28.8 Å². The van der Waals surface area contributed by atoms with Gasteiger partial charge in [0.2, 0.25) is 0 Å². The number of ether oxygens (including phenoxy) is 2. The highest BCUT2D eigenvalue weighted by molar-refractivity contribution is 5.94. The molecule has 1 saturated heterocycles. The Morgan fingerprint density at radius 1 is 0.957 bits per heavy atom. The van der Waals surface area contributed by atoms with E-state index in [0.717, 1.165) is 22.1 Å². The summed E-state index contributed by atoms with van der Waals surface area (Å²) < 4.78 is 12.4. The highest BCUT2D eigenvalue weighted by Crippen LogP contribution is 2.40. The van der Waals surface area contributed by atoms with E-state index in [4.69, 9.17) is 9.47 Å². The van der Waals surface area contributed by atoms with Crippen LogP contribution < -0.4 is 0 Å². The van der Waals surface area contributed by atoms with Gasteiger partial charge >= 0.3 is 0 Å². The zero-order valence-electron chi connectivity index (χ0n) is 14.4. The van der Waals surface area contributed by atoms with Gasteiger partial charge in [-0.05, 0) is 57.7 Å². The molecule has 23 heavy (non-hydrogen) atoms. The number of fused-ring (bicyclic) bond motifs is 1. The van der Waals surface area contributed by atoms with E-state index in [9.17, 15) is 5.11 Å². The summed E-state index contributed by atoms with van der Waals surface area (Å²) in [5.41, 5.74) is 0.234. The van der Waals surface area contributed by atoms with Gasteiger partial charge < -0.3 is 14.6 Å². The van der Waals surface area contributed by atoms with Gasteiger partial charge in [-0.1, -0.05) is 30.3 Å². The average molecular weight is 312 g/mol. The summed E-state index contributed by atoms with van der Waals surface area (Å²) in [6.45, 7) is 10.2. The first-order chi connectivity index (χ1) is 10.7. The second-order valence-corrected chi connectivity index (χ2v) is 7.15. The van der Waals surface area contributed by atoms with Gasteiger partial charge in [-0.2, -0.15) is 0 Å². The zero-order valence-corrected chi connectivity index (χ0v) is 14.4. The Bertz CT molecular complexity index is 772. The van der Waals surface area contributed by atoms with Gasteiger partial charge in [-0.15, -0.1) is 0 Å². The van der Waals surface area contributed by atoms with Gasteiger partial charge in [0.15, 0.2) is 0 Å². The minimum absolute atomic E-state index is 0.120. The number of hydrogen-bond donors (Lipinski definition) is 1. The van der Waals surface area contributed by atoms with Gasteiger partial charge in [-0.25, -0.2) is 0 Å². The molecule has 3 heteroatoms. The molecule has 1 N–H and O–H groups in total. The molecule has 1 atom stereocenters. The number of hydrogen-bond acceptors (Lipinski definition) is 3. The fraction of sp³-hybridized carbons (Fsp3) is 0.400. The number of benzene rings is 2. The summed E-state index contributed by atoms with van der Waals surface area (Å²) >= 11 is 0. The first-order valence-electron chi connectivity index (χ1n) is 8.00. The zero-order chi connectivity index (χ0) is 16.8. The fourth-order valence-electron chi connectivity index (χ4n) is 2.87. The Hall–Kier alpha value is -2.00. The van der Waals surface area contributed by atoms with Crippen LogP contribution in [0.3, 0.4) is 0 Å². The molecule has 1 fully saturated rings. The lowest BCUT2D eigenvalue weighted by Crippen LogP contribution is -2.55. The van der Waals surface area contributed by atoms with E-state index in [-0.39, 0.29) is 17.5 Å². The Balaban J connectivity index is 2.07. The van der Waals surface area contributed by atoms with Crippen LogP contribution in [0.1, 0.15) is 40.2 Å². The number of aromatic hydroxyl groups is 1. The Morgan fingerprint density at radius 2 is 1.61 bits per heavy atom. The van der Waals surface area contributed by atoms with Gasteiger partial charge in [0.05, 0.1) is 0 Å². The molecule has 0 aromatic heterocycles. The summed E-state index contributed by atoms with van der Waals surface area (Å²) in [6.07, 6.45) is 1.90. The molecule has 1 aliphatic rings. The molecule has 3 rings (SSSR count). The predicted octanol–water partition coefficient (Wildman–Crippen LogP) is 4.88. The quantitative estimate of drug-likeness (QED) is 0.815. The standard InChI is InChI=1S/C20H24O3/c1-13-18(23-20(4,5)19(2,3)22-13)12-14-10-11-17(21)16-9-7-6-8-15(14)16/h6-13,21H,1-5H3/b18-12-. The monoisotopic (exact) mass is 312 g/mol. The second-order valence-electron chi connectivity index (χ2n) is 7.15. The molecule has 2 aromatic rings. The largest absolute Gasteiger partial charge is 0.507 e. The third-order valence-electron chi connectivity index (χ3n) is 4.93. The molecule has 1 aliphatic heterocycles. The van der Waals surface area contributed by atoms with Gasteiger partial charge in [0, 0.05) is 5.39 Å². The third-order valence-corrected chi connectivity index (χ3v) is 4.93. The van der Waals surface area contributed by atoms with Crippen molar-refractivity contribution in [3.05, 3.63) is 47.7 Å². The van der Waals surface area contributed by atoms with Crippen LogP contribution in [0.15, 0.2) is 42.2 Å². The Labute approximate surface area is 137 Å². The van der Waals surface area contributed by atoms with Crippen molar-refractivity contribution in [3.8, 4) is 5.75 Å². The smallest absolute Gasteiger partial charge is 0.131 e. The van der Waals surface area contributed by atoms with E-state index in [2.05, 4.69) is 13.8 Å². The third kappa shape index (κ3) is 2.70. The normalized spacial score (nSPS) is 24.6. The van der Waals surface area contributed by atoms with E-state index in [1.165, 1.54) is 0 Å². The van der Waals surface area contributed by atoms with Crippen molar-refractivity contribution < 1.29 is 14.6 Å². The molecule has 122 valence electrons. The lowest BCUT2D eigenvalue weighted by atomic mass is 9.87. The fourth-order valence-corrected chi connectivity index (χ4v) is 2.87. The summed E-state index contributed by atoms with van der Waals surface area (Å²) in [6, 6.07) is 11.4. The average Bonchev–Trinajstić information content (AvgIpc) is 2.47. The molecular weight excluding hydrogens is 288 g/mol. The molecule has 0 aliphatic carbocycles. The van der Waals surface area contributed by atoms with Crippen LogP contribution in [0, 0.1) is 0 Å². The van der Waals surface area contributed by atoms with Crippen LogP contribution in [0.2, 0.25) is 0 Å². The predicted molar refractivity (Wildman–Crippen MR) is 93.4 cm³/mol. The minimum atomic E-state index is -0.419. The number of phenolic OH excluding ortho intramolecular Hbond substituents is 1. The maximum atomic E-state index is 10.0. The molecule has 1 unspecified atom stereocenters. The van der Waals surface area contributed by atoms with E-state index in [1.807, 2.05) is 57.2 Å². The van der Waals surface area contributed by atoms with Crippen molar-refractivity contribution in [2.24, 2.45) is 0 Å². The van der Waals surface area contributed by atoms with Crippen LogP contribution in [0.25, 0.3) is 16.8 Å². The molecule has 0 radical (unpaired) electrons. The van der Waals surface area contributed by atoms with Crippen molar-refractivity contribution in [2.75, 3.05) is 0 Å². The SMILES string of the molecule is CC1OC(C)(C)C(C)(C)O/C1=C\c1ccc(O)c2ccccc12. The van der Waals surface area contributed by atoms with Crippen molar-refractivity contribution in [1.82, 2.24) is 0 Å². The maximum absolute atomic E-state index is 10.0. The van der Waals surface area contributed by atoms with Crippen LogP contribution in [-0.4, -0.2) is 22.4 Å². The lowest BCUT2D eigenvalue weighted by molar-refractivity contribution is -0.225. The first-order valence-corrected chi connectivity index (χ1v) is 8.00. The summed E-state index contributed by atoms with van der Waals surface area (Å²) in [4.78, 5) is 0. The van der Waals surface area contributed by atoms with Crippen molar-refractivity contribution in [3.63, 3.8) is 0 Å². The van der Waals surface area contributed by atoms with Gasteiger partial charge in [-0.3, -0.25) is 0 Å². The van der Waals surface area contributed by atoms with E-state index < -0.39 is 5.60 Å². The highest BCUT2D eigenvalue weighted by Gasteiger charge is 2.46. The topological polar surface area (TPSA) is 38.7 Å². The second kappa shape index (κ2) is 5.27. The number of phenols is 1. The molecule has 0 amide bonds. The van der Waals surface area contributed by atoms with Crippen LogP contribution in [-0.2, 0) is 9.47 Å². The van der Waals surface area contributed by atoms with E-state index in [0.29, 0.717) is 0 Å². The van der Waals surface area contributed by atoms with E-state index in [1.54, 1.807) is 6.07 Å². The van der Waals surface area contributed by atoms with Crippen molar-refractivity contribution in [2.45, 2.75) is 51.9 Å². The summed E-state index contributed by atoms with van der Waals surface area (Å²) in [5.74, 6) is 1.10. The molecule has 0 spiro atoms. The lowest BCUT2D eigenvalue weighted by Gasteiger charge is -2.48. The molecule has 2 aromatic carbocycles. The Morgan fingerprint density at radius 3 is 2.30 bits per heavy atom. The molecule has 1 heterocycles. The molecule has 0 saturated carbocycles. The first kappa shape index (κ1) is 15.9. The summed E-state index contributed by atoms with van der Waals surface area (Å²) in [7, 11) is 0. The van der Waals surface area contributed by atoms with Crippen molar-refractivity contribution >= 4 is 16.8 Å². The minimum Gasteiger partial charge on any atom is -0.507 e. The maximum Gasteiger partial charge on any atom is 0.131 e. The van der Waals surface area contributed by atoms with Crippen LogP contribution in [0.5, 0.6) is 5.75 Å². The molecular formula is C20H24O3. The number of rotatable bonds is 1. The molecule has 0 bridgehead atoms. The van der Waals surface area contributed by atoms with E-state index >= 15 is 0 Å². The summed E-state index contributed by atoms with van der Waals surface area (Å²) in [5, 5.41) is 11.9. The Kier molecular flexibility index (Phi) is 3.64. The van der Waals surface area contributed by atoms with Crippen LogP contribution in [0.4, 0.5) is 0 Å². The molecule has 3 nitrogen and oxygen atoms in total. The van der Waals surface area contributed by atoms with Crippen LogP contribution >= 0.6 is 0 Å². The highest BCUT2D eigenvalue weighted by atomic mass is 16.6. The van der Waals surface area contributed by atoms with Crippen molar-refractivity contribution in [1.29, 1.82) is 0 Å².